The van der Waals surface area contributed by atoms with Gasteiger partial charge in [0, 0.05) is 16.5 Å². The molecular weight excluding hydrogens is 281 g/mol. The van der Waals surface area contributed by atoms with Gasteiger partial charge in [0.25, 0.3) is 0 Å². The molecule has 0 rings (SSSR count). The molecule has 0 spiro atoms. The van der Waals surface area contributed by atoms with Crippen molar-refractivity contribution in [1.82, 2.24) is 0 Å². The van der Waals surface area contributed by atoms with Crippen LogP contribution in [0.5, 0.6) is 0 Å². The molecule has 0 fully saturated rings. The van der Waals surface area contributed by atoms with Crippen molar-refractivity contribution in [1.29, 1.82) is 0 Å². The summed E-state index contributed by atoms with van der Waals surface area (Å²) in [7, 11) is 0. The largest absolute Gasteiger partial charge is 0.325 e. The van der Waals surface area contributed by atoms with Crippen molar-refractivity contribution in [2.45, 2.75) is 0 Å². The summed E-state index contributed by atoms with van der Waals surface area (Å²) in [5.74, 6) is 0. The van der Waals surface area contributed by atoms with Crippen molar-refractivity contribution in [2.24, 2.45) is 0 Å². The number of rotatable bonds is 0. The van der Waals surface area contributed by atoms with Crippen LogP contribution in [0.3, 0.4) is 0 Å². The molecule has 0 radical (unpaired) electrons. The maximum atomic E-state index is 7.56. The van der Waals surface area contributed by atoms with E-state index in [-0.39, 0.29) is 16.5 Å². The van der Waals surface area contributed by atoms with Gasteiger partial charge in [-0.25, -0.2) is 0 Å². The first-order valence-electron chi connectivity index (χ1n) is 1.57. The van der Waals surface area contributed by atoms with Crippen LogP contribution in [0.15, 0.2) is 0 Å². The average Bonchev–Trinajstić information content (AvgIpc) is 1.12. The Kier molecular flexibility index (Phi) is 11.7. The molecule has 0 heterocycles. The smallest absolute Gasteiger partial charge is 0.319 e. The third-order valence-electron chi connectivity index (χ3n) is 0. The van der Waals surface area contributed by atoms with Crippen LogP contribution in [-0.2, 0) is 40.1 Å². The van der Waals surface area contributed by atoms with E-state index in [1.807, 2.05) is 0 Å². The van der Waals surface area contributed by atoms with Gasteiger partial charge in [-0.05, 0) is 23.6 Å². The first-order valence-corrected chi connectivity index (χ1v) is 6.89. The first kappa shape index (κ1) is 18.4. The van der Waals surface area contributed by atoms with Crippen molar-refractivity contribution in [3.63, 3.8) is 0 Å². The zero-order valence-corrected chi connectivity index (χ0v) is 9.12. The summed E-state index contributed by atoms with van der Waals surface area (Å²) in [5.41, 5.74) is 0. The minimum Gasteiger partial charge on any atom is -0.325 e. The molecule has 6 nitrogen and oxygen atoms in total. The molecule has 0 aromatic carbocycles. The zero-order chi connectivity index (χ0) is 9.00. The quantitative estimate of drug-likeness (QED) is 0.232. The maximum absolute atomic E-state index is 7.56. The summed E-state index contributed by atoms with van der Waals surface area (Å²) in [5, 5.41) is 0. The Hall–Kier alpha value is 1.55. The van der Waals surface area contributed by atoms with Gasteiger partial charge in [0.2, 0.25) is 0 Å². The van der Waals surface area contributed by atoms with E-state index in [1.54, 1.807) is 0 Å². The van der Waals surface area contributed by atoms with Crippen LogP contribution < -0.4 is 0 Å². The van der Waals surface area contributed by atoms with E-state index in [1.165, 1.54) is 0 Å². The van der Waals surface area contributed by atoms with Gasteiger partial charge in [0.1, 0.15) is 0 Å². The van der Waals surface area contributed by atoms with E-state index in [0.717, 1.165) is 0 Å². The molecular formula is H6NiO6P2S2. The third-order valence-corrected chi connectivity index (χ3v) is 0. The van der Waals surface area contributed by atoms with Crippen LogP contribution in [0.1, 0.15) is 0 Å². The number of hydrogen-bond acceptors (Lipinski definition) is 2. The Balaban J connectivity index is -0.000000107. The SMILES string of the molecule is OP(O)(O)=S.OP(O)(O)=S.[Ni]. The maximum Gasteiger partial charge on any atom is 0.319 e. The van der Waals surface area contributed by atoms with Crippen LogP contribution in [0.4, 0.5) is 0 Å². The molecule has 0 aliphatic carbocycles. The van der Waals surface area contributed by atoms with E-state index >= 15 is 0 Å². The Morgan fingerprint density at radius 3 is 0.636 bits per heavy atom. The van der Waals surface area contributed by atoms with Crippen molar-refractivity contribution >= 4 is 37.1 Å². The monoisotopic (exact) mass is 286 g/mol. The van der Waals surface area contributed by atoms with Gasteiger partial charge in [-0.1, -0.05) is 0 Å². The minimum atomic E-state index is -3.81. The predicted molar refractivity (Wildman–Crippen MR) is 41.9 cm³/mol. The molecule has 0 unspecified atom stereocenters. The molecule has 0 aromatic heterocycles. The molecule has 0 amide bonds. The van der Waals surface area contributed by atoms with Crippen LogP contribution in [0, 0.1) is 0 Å². The van der Waals surface area contributed by atoms with Crippen LogP contribution in [-0.4, -0.2) is 29.4 Å². The fraction of sp³-hybridized carbons (Fsp3) is 0. The molecule has 0 atom stereocenters. The van der Waals surface area contributed by atoms with Gasteiger partial charge >= 0.3 is 13.4 Å². The summed E-state index contributed by atoms with van der Waals surface area (Å²) >= 11 is 7.21. The van der Waals surface area contributed by atoms with Gasteiger partial charge in [-0.15, -0.1) is 0 Å². The Morgan fingerprint density at radius 1 is 0.636 bits per heavy atom. The Labute approximate surface area is 83.0 Å². The second-order valence-electron chi connectivity index (χ2n) is 1.03. The summed E-state index contributed by atoms with van der Waals surface area (Å²) in [6.45, 7) is -7.61. The van der Waals surface area contributed by atoms with E-state index in [2.05, 4.69) is 23.6 Å². The third kappa shape index (κ3) is 437. The Morgan fingerprint density at radius 2 is 0.636 bits per heavy atom. The fourth-order valence-corrected chi connectivity index (χ4v) is 0. The van der Waals surface area contributed by atoms with E-state index in [9.17, 15) is 0 Å². The van der Waals surface area contributed by atoms with Gasteiger partial charge in [-0.2, -0.15) is 0 Å². The van der Waals surface area contributed by atoms with Gasteiger partial charge in [-0.3, -0.25) is 0 Å². The first-order chi connectivity index (χ1) is 4.00. The zero-order valence-electron chi connectivity index (χ0n) is 4.71. The van der Waals surface area contributed by atoms with Gasteiger partial charge in [0.05, 0.1) is 0 Å². The number of hydrogen-bond donors (Lipinski definition) is 6. The van der Waals surface area contributed by atoms with E-state index in [0.29, 0.717) is 0 Å². The van der Waals surface area contributed by atoms with Crippen molar-refractivity contribution in [2.75, 3.05) is 0 Å². The molecule has 74 valence electrons. The molecule has 0 aromatic rings. The van der Waals surface area contributed by atoms with E-state index < -0.39 is 13.4 Å². The second kappa shape index (κ2) is 7.00. The van der Waals surface area contributed by atoms with Gasteiger partial charge < -0.3 is 29.4 Å². The molecule has 6 N–H and O–H groups in total. The normalized spacial score (nSPS) is 10.7. The molecule has 11 heteroatoms. The standard InChI is InChI=1S/Ni.2H3O3PS/c;2*1-4(2,3)5/h;2*(H3,1,2,3,5). The molecule has 0 aliphatic rings. The van der Waals surface area contributed by atoms with Crippen LogP contribution in [0.25, 0.3) is 0 Å². The second-order valence-corrected chi connectivity index (χ2v) is 6.02. The molecule has 0 saturated heterocycles. The van der Waals surface area contributed by atoms with Crippen molar-refractivity contribution < 1.29 is 45.9 Å². The summed E-state index contributed by atoms with van der Waals surface area (Å²) in [6.07, 6.45) is 0. The van der Waals surface area contributed by atoms with Crippen LogP contribution in [0.2, 0.25) is 0 Å². The molecule has 0 saturated carbocycles. The fourth-order valence-electron chi connectivity index (χ4n) is 0. The van der Waals surface area contributed by atoms with Gasteiger partial charge in [0.15, 0.2) is 0 Å². The predicted octanol–water partition coefficient (Wildman–Crippen LogP) is -1.63. The van der Waals surface area contributed by atoms with Crippen LogP contribution >= 0.6 is 13.4 Å². The Bertz CT molecular complexity index is 131. The molecule has 11 heavy (non-hydrogen) atoms. The molecule has 0 bridgehead atoms. The summed E-state index contributed by atoms with van der Waals surface area (Å²) < 4.78 is 0. The summed E-state index contributed by atoms with van der Waals surface area (Å²) in [6, 6.07) is 0. The van der Waals surface area contributed by atoms with E-state index in [4.69, 9.17) is 29.4 Å². The van der Waals surface area contributed by atoms with Crippen molar-refractivity contribution in [3.05, 3.63) is 0 Å². The average molecular weight is 287 g/mol. The topological polar surface area (TPSA) is 121 Å². The van der Waals surface area contributed by atoms with Crippen molar-refractivity contribution in [3.8, 4) is 0 Å². The summed E-state index contributed by atoms with van der Waals surface area (Å²) in [4.78, 5) is 45.3. The molecule has 0 aliphatic heterocycles. The minimum absolute atomic E-state index is 0.